The van der Waals surface area contributed by atoms with Gasteiger partial charge in [-0.1, -0.05) is 12.1 Å². The summed E-state index contributed by atoms with van der Waals surface area (Å²) in [7, 11) is 0. The third-order valence-corrected chi connectivity index (χ3v) is 3.39. The number of nitrogens with zero attached hydrogens (tertiary/aromatic N) is 1. The van der Waals surface area contributed by atoms with Crippen molar-refractivity contribution in [1.29, 1.82) is 0 Å². The van der Waals surface area contributed by atoms with Crippen molar-refractivity contribution < 1.29 is 9.53 Å². The SMILES string of the molecule is CCOC(=O)c1ccc(CCN2CCNCC2)cc1. The maximum atomic E-state index is 11.5. The largest absolute Gasteiger partial charge is 0.462 e. The molecule has 0 atom stereocenters. The highest BCUT2D eigenvalue weighted by Gasteiger charge is 2.09. The van der Waals surface area contributed by atoms with Crippen LogP contribution < -0.4 is 5.32 Å². The molecule has 0 aliphatic carbocycles. The van der Waals surface area contributed by atoms with Gasteiger partial charge in [0.25, 0.3) is 0 Å². The molecule has 104 valence electrons. The minimum atomic E-state index is -0.240. The highest BCUT2D eigenvalue weighted by Crippen LogP contribution is 2.08. The average molecular weight is 262 g/mol. The number of carbonyl (C=O) groups excluding carboxylic acids is 1. The molecule has 2 rings (SSSR count). The molecule has 1 fully saturated rings. The van der Waals surface area contributed by atoms with E-state index < -0.39 is 0 Å². The van der Waals surface area contributed by atoms with Gasteiger partial charge in [0.05, 0.1) is 12.2 Å². The maximum Gasteiger partial charge on any atom is 0.338 e. The zero-order valence-corrected chi connectivity index (χ0v) is 11.5. The summed E-state index contributed by atoms with van der Waals surface area (Å²) in [5, 5.41) is 3.35. The molecule has 4 heteroatoms. The van der Waals surface area contributed by atoms with Crippen molar-refractivity contribution >= 4 is 5.97 Å². The Morgan fingerprint density at radius 3 is 2.58 bits per heavy atom. The Morgan fingerprint density at radius 2 is 1.95 bits per heavy atom. The molecule has 0 unspecified atom stereocenters. The fraction of sp³-hybridized carbons (Fsp3) is 0.533. The van der Waals surface area contributed by atoms with Gasteiger partial charge in [-0.25, -0.2) is 4.79 Å². The third kappa shape index (κ3) is 4.33. The maximum absolute atomic E-state index is 11.5. The van der Waals surface area contributed by atoms with Gasteiger partial charge in [0.15, 0.2) is 0 Å². The number of rotatable bonds is 5. The Labute approximate surface area is 114 Å². The van der Waals surface area contributed by atoms with E-state index in [4.69, 9.17) is 4.74 Å². The summed E-state index contributed by atoms with van der Waals surface area (Å²) in [6, 6.07) is 7.75. The number of nitrogens with one attached hydrogen (secondary N) is 1. The lowest BCUT2D eigenvalue weighted by molar-refractivity contribution is 0.0526. The lowest BCUT2D eigenvalue weighted by atomic mass is 10.1. The van der Waals surface area contributed by atoms with Crippen molar-refractivity contribution in [2.45, 2.75) is 13.3 Å². The molecule has 1 N–H and O–H groups in total. The van der Waals surface area contributed by atoms with Gasteiger partial charge >= 0.3 is 5.97 Å². The molecule has 1 heterocycles. The molecule has 1 aromatic rings. The second-order valence-electron chi connectivity index (χ2n) is 4.76. The van der Waals surface area contributed by atoms with E-state index in [1.165, 1.54) is 5.56 Å². The van der Waals surface area contributed by atoms with E-state index in [-0.39, 0.29) is 5.97 Å². The molecule has 1 saturated heterocycles. The number of carbonyl (C=O) groups is 1. The van der Waals surface area contributed by atoms with E-state index in [1.54, 1.807) is 0 Å². The normalized spacial score (nSPS) is 16.3. The standard InChI is InChI=1S/C15H22N2O2/c1-2-19-15(18)14-5-3-13(4-6-14)7-10-17-11-8-16-9-12-17/h3-6,16H,2,7-12H2,1H3. The number of benzene rings is 1. The molecular weight excluding hydrogens is 240 g/mol. The summed E-state index contributed by atoms with van der Waals surface area (Å²) in [5.74, 6) is -0.240. The molecule has 1 aliphatic heterocycles. The molecule has 4 nitrogen and oxygen atoms in total. The molecule has 0 spiro atoms. The third-order valence-electron chi connectivity index (χ3n) is 3.39. The lowest BCUT2D eigenvalue weighted by Gasteiger charge is -2.27. The van der Waals surface area contributed by atoms with E-state index >= 15 is 0 Å². The highest BCUT2D eigenvalue weighted by molar-refractivity contribution is 5.89. The van der Waals surface area contributed by atoms with Crippen molar-refractivity contribution in [2.24, 2.45) is 0 Å². The number of hydrogen-bond acceptors (Lipinski definition) is 4. The first-order valence-corrected chi connectivity index (χ1v) is 6.98. The molecule has 0 saturated carbocycles. The first-order valence-electron chi connectivity index (χ1n) is 6.98. The van der Waals surface area contributed by atoms with E-state index in [1.807, 2.05) is 31.2 Å². The lowest BCUT2D eigenvalue weighted by Crippen LogP contribution is -2.44. The van der Waals surface area contributed by atoms with Gasteiger partial charge in [0, 0.05) is 32.7 Å². The van der Waals surface area contributed by atoms with Crippen LogP contribution in [0.5, 0.6) is 0 Å². The van der Waals surface area contributed by atoms with Crippen LogP contribution in [0.4, 0.5) is 0 Å². The van der Waals surface area contributed by atoms with Crippen LogP contribution in [0.3, 0.4) is 0 Å². The minimum Gasteiger partial charge on any atom is -0.462 e. The molecule has 0 amide bonds. The van der Waals surface area contributed by atoms with Crippen molar-refractivity contribution in [1.82, 2.24) is 10.2 Å². The first-order chi connectivity index (χ1) is 9.29. The summed E-state index contributed by atoms with van der Waals surface area (Å²) >= 11 is 0. The van der Waals surface area contributed by atoms with Gasteiger partial charge in [-0.2, -0.15) is 0 Å². The van der Waals surface area contributed by atoms with Crippen molar-refractivity contribution in [3.05, 3.63) is 35.4 Å². The summed E-state index contributed by atoms with van der Waals surface area (Å²) in [6.07, 6.45) is 1.03. The summed E-state index contributed by atoms with van der Waals surface area (Å²) in [4.78, 5) is 14.0. The number of ether oxygens (including phenoxy) is 1. The minimum absolute atomic E-state index is 0.240. The van der Waals surface area contributed by atoms with Crippen LogP contribution in [0.15, 0.2) is 24.3 Å². The smallest absolute Gasteiger partial charge is 0.338 e. The summed E-state index contributed by atoms with van der Waals surface area (Å²) < 4.78 is 4.97. The Balaban J connectivity index is 1.82. The molecular formula is C15H22N2O2. The molecule has 0 radical (unpaired) electrons. The topological polar surface area (TPSA) is 41.6 Å². The number of hydrogen-bond donors (Lipinski definition) is 1. The highest BCUT2D eigenvalue weighted by atomic mass is 16.5. The van der Waals surface area contributed by atoms with Crippen molar-refractivity contribution in [3.63, 3.8) is 0 Å². The Morgan fingerprint density at radius 1 is 1.26 bits per heavy atom. The Bertz CT molecular complexity index is 397. The van der Waals surface area contributed by atoms with E-state index in [0.717, 1.165) is 39.1 Å². The summed E-state index contributed by atoms with van der Waals surface area (Å²) in [5.41, 5.74) is 1.90. The van der Waals surface area contributed by atoms with Crippen molar-refractivity contribution in [2.75, 3.05) is 39.3 Å². The van der Waals surface area contributed by atoms with Crippen LogP contribution in [0.1, 0.15) is 22.8 Å². The molecule has 19 heavy (non-hydrogen) atoms. The van der Waals surface area contributed by atoms with Gasteiger partial charge < -0.3 is 15.0 Å². The quantitative estimate of drug-likeness (QED) is 0.812. The van der Waals surface area contributed by atoms with Crippen LogP contribution in [0, 0.1) is 0 Å². The molecule has 0 aromatic heterocycles. The van der Waals surface area contributed by atoms with Gasteiger partial charge in [0.2, 0.25) is 0 Å². The number of esters is 1. The fourth-order valence-corrected chi connectivity index (χ4v) is 2.24. The van der Waals surface area contributed by atoms with Crippen LogP contribution in [-0.2, 0) is 11.2 Å². The fourth-order valence-electron chi connectivity index (χ4n) is 2.24. The molecule has 1 aliphatic rings. The van der Waals surface area contributed by atoms with E-state index in [9.17, 15) is 4.79 Å². The number of piperazine rings is 1. The Kier molecular flexibility index (Phi) is 5.36. The first kappa shape index (κ1) is 14.0. The molecule has 0 bridgehead atoms. The Hall–Kier alpha value is -1.39. The van der Waals surface area contributed by atoms with Gasteiger partial charge in [-0.3, -0.25) is 0 Å². The second kappa shape index (κ2) is 7.26. The molecule has 1 aromatic carbocycles. The van der Waals surface area contributed by atoms with Crippen LogP contribution >= 0.6 is 0 Å². The second-order valence-corrected chi connectivity index (χ2v) is 4.76. The van der Waals surface area contributed by atoms with Crippen LogP contribution in [-0.4, -0.2) is 50.2 Å². The van der Waals surface area contributed by atoms with E-state index in [0.29, 0.717) is 12.2 Å². The zero-order chi connectivity index (χ0) is 13.5. The van der Waals surface area contributed by atoms with Gasteiger partial charge in [-0.05, 0) is 31.0 Å². The van der Waals surface area contributed by atoms with Crippen LogP contribution in [0.2, 0.25) is 0 Å². The van der Waals surface area contributed by atoms with Gasteiger partial charge in [-0.15, -0.1) is 0 Å². The monoisotopic (exact) mass is 262 g/mol. The zero-order valence-electron chi connectivity index (χ0n) is 11.5. The average Bonchev–Trinajstić information content (AvgIpc) is 2.47. The summed E-state index contributed by atoms with van der Waals surface area (Å²) in [6.45, 7) is 7.75. The van der Waals surface area contributed by atoms with Gasteiger partial charge in [0.1, 0.15) is 0 Å². The van der Waals surface area contributed by atoms with Crippen LogP contribution in [0.25, 0.3) is 0 Å². The van der Waals surface area contributed by atoms with E-state index in [2.05, 4.69) is 10.2 Å². The van der Waals surface area contributed by atoms with Crippen molar-refractivity contribution in [3.8, 4) is 0 Å². The predicted octanol–water partition coefficient (Wildman–Crippen LogP) is 1.31. The predicted molar refractivity (Wildman–Crippen MR) is 75.4 cm³/mol.